The molecule has 2 N–H and O–H groups in total. The van der Waals surface area contributed by atoms with Crippen LogP contribution in [0.15, 0.2) is 29.3 Å². The third kappa shape index (κ3) is 7.11. The molecule has 1 aromatic carbocycles. The van der Waals surface area contributed by atoms with Crippen LogP contribution in [-0.4, -0.2) is 62.4 Å². The molecule has 6 nitrogen and oxygen atoms in total. The van der Waals surface area contributed by atoms with Gasteiger partial charge in [-0.05, 0) is 44.9 Å². The van der Waals surface area contributed by atoms with E-state index in [9.17, 15) is 4.79 Å². The van der Waals surface area contributed by atoms with E-state index in [4.69, 9.17) is 0 Å². The molecular formula is C23H40IN5O. The van der Waals surface area contributed by atoms with Crippen LogP contribution in [0.25, 0.3) is 0 Å². The summed E-state index contributed by atoms with van der Waals surface area (Å²) in [6, 6.07) is 9.03. The maximum Gasteiger partial charge on any atom is 0.230 e. The average molecular weight is 530 g/mol. The van der Waals surface area contributed by atoms with E-state index < -0.39 is 0 Å². The van der Waals surface area contributed by atoms with E-state index in [1.165, 1.54) is 11.1 Å². The number of carbonyl (C=O) groups is 1. The van der Waals surface area contributed by atoms with Gasteiger partial charge in [0.05, 0.1) is 5.41 Å². The highest BCUT2D eigenvalue weighted by atomic mass is 127. The number of hydrogen-bond acceptors (Lipinski definition) is 3. The highest BCUT2D eigenvalue weighted by molar-refractivity contribution is 14.0. The van der Waals surface area contributed by atoms with Gasteiger partial charge in [-0.3, -0.25) is 14.7 Å². The molecule has 1 saturated carbocycles. The Bertz CT molecular complexity index is 699. The number of guanidine groups is 1. The Morgan fingerprint density at radius 2 is 1.70 bits per heavy atom. The van der Waals surface area contributed by atoms with Crippen LogP contribution in [0.3, 0.4) is 0 Å². The lowest BCUT2D eigenvalue weighted by molar-refractivity contribution is -0.138. The Balaban J connectivity index is 0.00000450. The van der Waals surface area contributed by atoms with Crippen molar-refractivity contribution in [2.45, 2.75) is 58.7 Å². The van der Waals surface area contributed by atoms with Crippen molar-refractivity contribution in [2.24, 2.45) is 10.4 Å². The molecule has 0 atom stereocenters. The van der Waals surface area contributed by atoms with E-state index in [2.05, 4.69) is 65.7 Å². The highest BCUT2D eigenvalue weighted by Gasteiger charge is 2.42. The predicted octanol–water partition coefficient (Wildman–Crippen LogP) is 3.46. The minimum atomic E-state index is -0.307. The third-order valence-corrected chi connectivity index (χ3v) is 6.10. The number of amides is 1. The number of carbonyl (C=O) groups excluding carboxylic acids is 1. The van der Waals surface area contributed by atoms with E-state index in [0.29, 0.717) is 19.1 Å². The van der Waals surface area contributed by atoms with Crippen LogP contribution < -0.4 is 10.6 Å². The first-order chi connectivity index (χ1) is 13.8. The summed E-state index contributed by atoms with van der Waals surface area (Å²) in [4.78, 5) is 21.2. The fourth-order valence-corrected chi connectivity index (χ4v) is 3.98. The van der Waals surface area contributed by atoms with Gasteiger partial charge in [0.15, 0.2) is 5.96 Å². The van der Waals surface area contributed by atoms with Gasteiger partial charge in [-0.2, -0.15) is 0 Å². The zero-order valence-electron chi connectivity index (χ0n) is 19.5. The standard InChI is InChI=1S/C23H39N5O.HI/c1-18(2)28(6)16-20-12-8-7-11-19(20)15-25-22(24-3)26-17-23(13-9-10-14-23)21(29)27(4)5;/h7-8,11-12,18H,9-10,13-17H2,1-6H3,(H2,24,25,26);1H. The van der Waals surface area contributed by atoms with E-state index in [0.717, 1.165) is 38.2 Å². The summed E-state index contributed by atoms with van der Waals surface area (Å²) in [7, 11) is 7.63. The van der Waals surface area contributed by atoms with Crippen LogP contribution in [0.5, 0.6) is 0 Å². The normalized spacial score (nSPS) is 15.8. The van der Waals surface area contributed by atoms with Gasteiger partial charge in [-0.1, -0.05) is 37.1 Å². The van der Waals surface area contributed by atoms with Crippen molar-refractivity contribution in [2.75, 3.05) is 34.7 Å². The largest absolute Gasteiger partial charge is 0.355 e. The Labute approximate surface area is 199 Å². The zero-order valence-corrected chi connectivity index (χ0v) is 21.8. The van der Waals surface area contributed by atoms with Gasteiger partial charge < -0.3 is 15.5 Å². The SMILES string of the molecule is CN=C(NCc1ccccc1CN(C)C(C)C)NCC1(C(=O)N(C)C)CCCC1.I. The molecule has 0 heterocycles. The fraction of sp³-hybridized carbons (Fsp3) is 0.652. The molecule has 0 saturated heterocycles. The third-order valence-electron chi connectivity index (χ3n) is 6.10. The van der Waals surface area contributed by atoms with Crippen LogP contribution in [0.4, 0.5) is 0 Å². The molecule has 1 fully saturated rings. The Hall–Kier alpha value is -1.35. The maximum absolute atomic E-state index is 12.8. The number of benzene rings is 1. The van der Waals surface area contributed by atoms with Gasteiger partial charge in [0.25, 0.3) is 0 Å². The van der Waals surface area contributed by atoms with Crippen LogP contribution in [-0.2, 0) is 17.9 Å². The lowest BCUT2D eigenvalue weighted by Crippen LogP contribution is -2.49. The second-order valence-electron chi connectivity index (χ2n) is 8.74. The number of hydrogen-bond donors (Lipinski definition) is 2. The van der Waals surface area contributed by atoms with Gasteiger partial charge in [0, 0.05) is 46.8 Å². The number of halogens is 1. The number of rotatable bonds is 8. The molecular weight excluding hydrogens is 489 g/mol. The van der Waals surface area contributed by atoms with Gasteiger partial charge >= 0.3 is 0 Å². The predicted molar refractivity (Wildman–Crippen MR) is 136 cm³/mol. The van der Waals surface area contributed by atoms with Gasteiger partial charge in [0.1, 0.15) is 0 Å². The molecule has 2 rings (SSSR count). The van der Waals surface area contributed by atoms with Crippen LogP contribution in [0, 0.1) is 5.41 Å². The van der Waals surface area contributed by atoms with Gasteiger partial charge in [0.2, 0.25) is 5.91 Å². The van der Waals surface area contributed by atoms with Gasteiger partial charge in [-0.15, -0.1) is 24.0 Å². The molecule has 1 amide bonds. The van der Waals surface area contributed by atoms with Crippen molar-refractivity contribution in [3.8, 4) is 0 Å². The molecule has 0 spiro atoms. The number of nitrogens with one attached hydrogen (secondary N) is 2. The highest BCUT2D eigenvalue weighted by Crippen LogP contribution is 2.38. The molecule has 0 unspecified atom stereocenters. The van der Waals surface area contributed by atoms with E-state index >= 15 is 0 Å². The Morgan fingerprint density at radius 3 is 2.23 bits per heavy atom. The molecule has 30 heavy (non-hydrogen) atoms. The van der Waals surface area contributed by atoms with Crippen molar-refractivity contribution in [1.82, 2.24) is 20.4 Å². The number of nitrogens with zero attached hydrogens (tertiary/aromatic N) is 3. The molecule has 1 aromatic rings. The topological polar surface area (TPSA) is 60.0 Å². The van der Waals surface area contributed by atoms with Gasteiger partial charge in [-0.25, -0.2) is 0 Å². The first-order valence-electron chi connectivity index (χ1n) is 10.7. The summed E-state index contributed by atoms with van der Waals surface area (Å²) in [5.41, 5.74) is 2.28. The van der Waals surface area contributed by atoms with E-state index in [1.807, 2.05) is 14.1 Å². The Kier molecular flexibility index (Phi) is 11.1. The zero-order chi connectivity index (χ0) is 21.4. The summed E-state index contributed by atoms with van der Waals surface area (Å²) in [6.45, 7) is 6.67. The number of aliphatic imine (C=N–C) groups is 1. The quantitative estimate of drug-likeness (QED) is 0.308. The monoisotopic (exact) mass is 529 g/mol. The molecule has 0 aliphatic heterocycles. The molecule has 0 bridgehead atoms. The van der Waals surface area contributed by atoms with Crippen molar-refractivity contribution in [1.29, 1.82) is 0 Å². The maximum atomic E-state index is 12.8. The summed E-state index contributed by atoms with van der Waals surface area (Å²) in [5, 5.41) is 6.85. The minimum absolute atomic E-state index is 0. The first-order valence-corrected chi connectivity index (χ1v) is 10.7. The van der Waals surface area contributed by atoms with Crippen molar-refractivity contribution < 1.29 is 4.79 Å². The molecule has 170 valence electrons. The summed E-state index contributed by atoms with van der Waals surface area (Å²) < 4.78 is 0. The van der Waals surface area contributed by atoms with Crippen LogP contribution in [0.1, 0.15) is 50.7 Å². The lowest BCUT2D eigenvalue weighted by atomic mass is 9.84. The van der Waals surface area contributed by atoms with Crippen LogP contribution in [0.2, 0.25) is 0 Å². The van der Waals surface area contributed by atoms with Crippen molar-refractivity contribution in [3.05, 3.63) is 35.4 Å². The van der Waals surface area contributed by atoms with Crippen molar-refractivity contribution >= 4 is 35.8 Å². The molecule has 7 heteroatoms. The van der Waals surface area contributed by atoms with E-state index in [-0.39, 0.29) is 35.3 Å². The average Bonchev–Trinajstić information content (AvgIpc) is 3.18. The summed E-state index contributed by atoms with van der Waals surface area (Å²) in [5.74, 6) is 0.967. The fourth-order valence-electron chi connectivity index (χ4n) is 3.98. The molecule has 1 aliphatic rings. The molecule has 0 aromatic heterocycles. The second kappa shape index (κ2) is 12.5. The lowest BCUT2D eigenvalue weighted by Gasteiger charge is -2.31. The van der Waals surface area contributed by atoms with Crippen LogP contribution >= 0.6 is 24.0 Å². The second-order valence-corrected chi connectivity index (χ2v) is 8.74. The Morgan fingerprint density at radius 1 is 1.10 bits per heavy atom. The first kappa shape index (κ1) is 26.7. The smallest absolute Gasteiger partial charge is 0.230 e. The summed E-state index contributed by atoms with van der Waals surface area (Å²) in [6.07, 6.45) is 4.12. The molecule has 0 radical (unpaired) electrons. The van der Waals surface area contributed by atoms with E-state index in [1.54, 1.807) is 11.9 Å². The summed E-state index contributed by atoms with van der Waals surface area (Å²) >= 11 is 0. The molecule has 1 aliphatic carbocycles. The van der Waals surface area contributed by atoms with Crippen molar-refractivity contribution in [3.63, 3.8) is 0 Å². The minimum Gasteiger partial charge on any atom is -0.355 e.